The average molecular weight is 262 g/mol. The lowest BCUT2D eigenvalue weighted by atomic mass is 9.97. The number of aromatic nitrogens is 1. The van der Waals surface area contributed by atoms with Crippen molar-refractivity contribution in [2.24, 2.45) is 5.73 Å². The molecule has 1 aromatic heterocycles. The first-order chi connectivity index (χ1) is 9.78. The summed E-state index contributed by atoms with van der Waals surface area (Å²) in [5.41, 5.74) is 10.9. The number of pyridine rings is 1. The van der Waals surface area contributed by atoms with Gasteiger partial charge in [-0.15, -0.1) is 0 Å². The van der Waals surface area contributed by atoms with E-state index < -0.39 is 0 Å². The molecule has 0 saturated heterocycles. The number of aryl methyl sites for hydroxylation is 1. The van der Waals surface area contributed by atoms with Crippen LogP contribution in [0.2, 0.25) is 0 Å². The first kappa shape index (κ1) is 12.8. The molecule has 100 valence electrons. The summed E-state index contributed by atoms with van der Waals surface area (Å²) < 4.78 is 0. The SMILES string of the molecule is CCc1ccc(C(N)c2ccc3cccnc3c2)cc1. The molecule has 0 fully saturated rings. The molecular weight excluding hydrogens is 244 g/mol. The second-order valence-corrected chi connectivity index (χ2v) is 5.03. The van der Waals surface area contributed by atoms with Crippen molar-refractivity contribution in [2.45, 2.75) is 19.4 Å². The normalized spacial score (nSPS) is 12.5. The Labute approximate surface area is 119 Å². The molecule has 20 heavy (non-hydrogen) atoms. The van der Waals surface area contributed by atoms with Gasteiger partial charge in [0.15, 0.2) is 0 Å². The van der Waals surface area contributed by atoms with Gasteiger partial charge in [-0.25, -0.2) is 0 Å². The van der Waals surface area contributed by atoms with E-state index >= 15 is 0 Å². The van der Waals surface area contributed by atoms with Crippen molar-refractivity contribution >= 4 is 10.9 Å². The van der Waals surface area contributed by atoms with Crippen LogP contribution in [-0.4, -0.2) is 4.98 Å². The molecule has 0 aliphatic carbocycles. The molecule has 1 atom stereocenters. The number of hydrogen-bond acceptors (Lipinski definition) is 2. The number of rotatable bonds is 3. The van der Waals surface area contributed by atoms with E-state index in [9.17, 15) is 0 Å². The van der Waals surface area contributed by atoms with E-state index in [0.717, 1.165) is 28.5 Å². The molecule has 0 bridgehead atoms. The van der Waals surface area contributed by atoms with Crippen molar-refractivity contribution in [2.75, 3.05) is 0 Å². The molecule has 0 spiro atoms. The Morgan fingerprint density at radius 1 is 1.00 bits per heavy atom. The van der Waals surface area contributed by atoms with Gasteiger partial charge < -0.3 is 5.73 Å². The van der Waals surface area contributed by atoms with Crippen LogP contribution in [0.25, 0.3) is 10.9 Å². The van der Waals surface area contributed by atoms with Crippen LogP contribution in [0.3, 0.4) is 0 Å². The molecule has 0 aliphatic rings. The summed E-state index contributed by atoms with van der Waals surface area (Å²) in [5, 5.41) is 1.14. The Balaban J connectivity index is 1.96. The predicted octanol–water partition coefficient (Wildman–Crippen LogP) is 3.85. The van der Waals surface area contributed by atoms with Gasteiger partial charge in [0.1, 0.15) is 0 Å². The van der Waals surface area contributed by atoms with E-state index in [2.05, 4.69) is 60.4 Å². The fraction of sp³-hybridized carbons (Fsp3) is 0.167. The molecule has 0 saturated carbocycles. The van der Waals surface area contributed by atoms with Crippen LogP contribution in [0.5, 0.6) is 0 Å². The lowest BCUT2D eigenvalue weighted by Crippen LogP contribution is -2.11. The Kier molecular flexibility index (Phi) is 3.48. The van der Waals surface area contributed by atoms with Gasteiger partial charge in [0.2, 0.25) is 0 Å². The van der Waals surface area contributed by atoms with Crippen molar-refractivity contribution in [3.8, 4) is 0 Å². The van der Waals surface area contributed by atoms with Gasteiger partial charge in [-0.05, 0) is 35.2 Å². The number of benzene rings is 2. The van der Waals surface area contributed by atoms with E-state index in [-0.39, 0.29) is 6.04 Å². The monoisotopic (exact) mass is 262 g/mol. The minimum absolute atomic E-state index is 0.104. The summed E-state index contributed by atoms with van der Waals surface area (Å²) in [6.07, 6.45) is 2.86. The van der Waals surface area contributed by atoms with Crippen molar-refractivity contribution in [1.29, 1.82) is 0 Å². The molecule has 0 radical (unpaired) electrons. The Hall–Kier alpha value is -2.19. The first-order valence-corrected chi connectivity index (χ1v) is 6.97. The quantitative estimate of drug-likeness (QED) is 0.778. The first-order valence-electron chi connectivity index (χ1n) is 6.97. The lowest BCUT2D eigenvalue weighted by Gasteiger charge is -2.13. The fourth-order valence-corrected chi connectivity index (χ4v) is 2.43. The van der Waals surface area contributed by atoms with Crippen LogP contribution in [-0.2, 0) is 6.42 Å². The van der Waals surface area contributed by atoms with Gasteiger partial charge in [-0.3, -0.25) is 4.98 Å². The Bertz CT molecular complexity index is 717. The molecular formula is C18H18N2. The van der Waals surface area contributed by atoms with Gasteiger partial charge in [-0.1, -0.05) is 49.4 Å². The standard InChI is InChI=1S/C18H18N2/c1-2-13-5-7-15(8-6-13)18(19)16-10-9-14-4-3-11-20-17(14)12-16/h3-12,18H,2,19H2,1H3. The van der Waals surface area contributed by atoms with E-state index in [0.29, 0.717) is 0 Å². The van der Waals surface area contributed by atoms with Gasteiger partial charge in [0.25, 0.3) is 0 Å². The summed E-state index contributed by atoms with van der Waals surface area (Å²) in [4.78, 5) is 4.39. The zero-order valence-corrected chi connectivity index (χ0v) is 11.6. The minimum atomic E-state index is -0.104. The Morgan fingerprint density at radius 3 is 2.50 bits per heavy atom. The maximum Gasteiger partial charge on any atom is 0.0705 e. The third-order valence-corrected chi connectivity index (χ3v) is 3.74. The molecule has 2 aromatic carbocycles. The number of fused-ring (bicyclic) bond motifs is 1. The third kappa shape index (κ3) is 2.43. The van der Waals surface area contributed by atoms with Crippen LogP contribution >= 0.6 is 0 Å². The Morgan fingerprint density at radius 2 is 1.75 bits per heavy atom. The van der Waals surface area contributed by atoms with Crippen molar-refractivity contribution in [3.63, 3.8) is 0 Å². The van der Waals surface area contributed by atoms with E-state index in [4.69, 9.17) is 5.73 Å². The molecule has 0 aliphatic heterocycles. The molecule has 0 amide bonds. The van der Waals surface area contributed by atoms with Gasteiger partial charge in [-0.2, -0.15) is 0 Å². The maximum atomic E-state index is 6.37. The minimum Gasteiger partial charge on any atom is -0.320 e. The highest BCUT2D eigenvalue weighted by Crippen LogP contribution is 2.23. The molecule has 1 unspecified atom stereocenters. The summed E-state index contributed by atoms with van der Waals surface area (Å²) >= 11 is 0. The number of nitrogens with zero attached hydrogens (tertiary/aromatic N) is 1. The van der Waals surface area contributed by atoms with Crippen LogP contribution in [0.1, 0.15) is 29.7 Å². The fourth-order valence-electron chi connectivity index (χ4n) is 2.43. The lowest BCUT2D eigenvalue weighted by molar-refractivity contribution is 0.871. The topological polar surface area (TPSA) is 38.9 Å². The molecule has 2 heteroatoms. The predicted molar refractivity (Wildman–Crippen MR) is 83.6 cm³/mol. The number of hydrogen-bond donors (Lipinski definition) is 1. The van der Waals surface area contributed by atoms with Crippen LogP contribution in [0, 0.1) is 0 Å². The summed E-state index contributed by atoms with van der Waals surface area (Å²) in [6.45, 7) is 2.16. The zero-order valence-electron chi connectivity index (χ0n) is 11.6. The third-order valence-electron chi connectivity index (χ3n) is 3.74. The van der Waals surface area contributed by atoms with Crippen molar-refractivity contribution < 1.29 is 0 Å². The van der Waals surface area contributed by atoms with E-state index in [1.165, 1.54) is 5.56 Å². The van der Waals surface area contributed by atoms with E-state index in [1.54, 1.807) is 0 Å². The molecule has 3 rings (SSSR count). The average Bonchev–Trinajstić information content (AvgIpc) is 2.54. The zero-order chi connectivity index (χ0) is 13.9. The van der Waals surface area contributed by atoms with Gasteiger partial charge in [0.05, 0.1) is 11.6 Å². The summed E-state index contributed by atoms with van der Waals surface area (Å²) in [5.74, 6) is 0. The smallest absolute Gasteiger partial charge is 0.0705 e. The van der Waals surface area contributed by atoms with Crippen LogP contribution in [0.15, 0.2) is 60.8 Å². The van der Waals surface area contributed by atoms with E-state index in [1.807, 2.05) is 12.3 Å². The van der Waals surface area contributed by atoms with Crippen molar-refractivity contribution in [3.05, 3.63) is 77.5 Å². The highest BCUT2D eigenvalue weighted by molar-refractivity contribution is 5.79. The molecule has 2 N–H and O–H groups in total. The second-order valence-electron chi connectivity index (χ2n) is 5.03. The highest BCUT2D eigenvalue weighted by atomic mass is 14.7. The van der Waals surface area contributed by atoms with Crippen LogP contribution in [0.4, 0.5) is 0 Å². The largest absolute Gasteiger partial charge is 0.320 e. The molecule has 1 heterocycles. The van der Waals surface area contributed by atoms with Gasteiger partial charge in [0, 0.05) is 11.6 Å². The highest BCUT2D eigenvalue weighted by Gasteiger charge is 2.09. The van der Waals surface area contributed by atoms with Crippen LogP contribution < -0.4 is 5.73 Å². The van der Waals surface area contributed by atoms with Crippen molar-refractivity contribution in [1.82, 2.24) is 4.98 Å². The maximum absolute atomic E-state index is 6.37. The van der Waals surface area contributed by atoms with Gasteiger partial charge >= 0.3 is 0 Å². The summed E-state index contributed by atoms with van der Waals surface area (Å²) in [6, 6.07) is 18.7. The second kappa shape index (κ2) is 5.43. The molecule has 2 nitrogen and oxygen atoms in total. The summed E-state index contributed by atoms with van der Waals surface area (Å²) in [7, 11) is 0. The molecule has 3 aromatic rings. The number of nitrogens with two attached hydrogens (primary N) is 1.